The number of carboxylic acid groups (broad SMARTS) is 1. The van der Waals surface area contributed by atoms with Crippen LogP contribution in [0.4, 0.5) is 0 Å². The van der Waals surface area contributed by atoms with Crippen molar-refractivity contribution in [1.82, 2.24) is 4.90 Å². The smallest absolute Gasteiger partial charge is 0.349 e. The molecule has 0 unspecified atom stereocenters. The van der Waals surface area contributed by atoms with Crippen LogP contribution in [-0.2, 0) is 4.79 Å². The maximum absolute atomic E-state index is 10.4. The van der Waals surface area contributed by atoms with Gasteiger partial charge in [0.15, 0.2) is 0 Å². The van der Waals surface area contributed by atoms with Crippen LogP contribution in [-0.4, -0.2) is 42.3 Å². The Morgan fingerprint density at radius 2 is 2.08 bits per heavy atom. The largest absolute Gasteiger partial charge is 0.477 e. The molecule has 4 nitrogen and oxygen atoms in total. The Bertz CT molecular complexity index is 178. The van der Waals surface area contributed by atoms with Gasteiger partial charge in [-0.1, -0.05) is 6.92 Å². The lowest BCUT2D eigenvalue weighted by Gasteiger charge is -2.17. The van der Waals surface area contributed by atoms with Gasteiger partial charge in [0.25, 0.3) is 0 Å². The molecule has 0 aliphatic carbocycles. The Balaban J connectivity index is 4.15. The summed E-state index contributed by atoms with van der Waals surface area (Å²) >= 11 is 0. The fourth-order valence-electron chi connectivity index (χ4n) is 1.04. The van der Waals surface area contributed by atoms with Crippen molar-refractivity contribution < 1.29 is 9.90 Å². The lowest BCUT2D eigenvalue weighted by molar-refractivity contribution is -0.129. The van der Waals surface area contributed by atoms with Gasteiger partial charge in [-0.05, 0) is 20.5 Å². The van der Waals surface area contributed by atoms with Crippen LogP contribution in [0.15, 0.2) is 0 Å². The summed E-state index contributed by atoms with van der Waals surface area (Å²) in [5.74, 6) is -1.26. The molecule has 2 N–H and O–H groups in total. The van der Waals surface area contributed by atoms with Crippen LogP contribution in [0.5, 0.6) is 0 Å². The van der Waals surface area contributed by atoms with E-state index in [1.807, 2.05) is 25.9 Å². The Morgan fingerprint density at radius 3 is 2.33 bits per heavy atom. The number of carbonyl (C=O) groups is 1. The SMILES string of the molecule is CC[C@@H](CN(C)C)C(=N)C(=O)O. The molecule has 0 amide bonds. The lowest BCUT2D eigenvalue weighted by atomic mass is 10.00. The second kappa shape index (κ2) is 4.87. The van der Waals surface area contributed by atoms with Gasteiger partial charge in [0.05, 0.1) is 0 Å². The van der Waals surface area contributed by atoms with E-state index in [1.165, 1.54) is 0 Å². The first-order chi connectivity index (χ1) is 5.49. The van der Waals surface area contributed by atoms with Gasteiger partial charge in [0.2, 0.25) is 0 Å². The molecule has 0 radical (unpaired) electrons. The van der Waals surface area contributed by atoms with Crippen LogP contribution in [0.1, 0.15) is 13.3 Å². The predicted molar refractivity (Wildman–Crippen MR) is 47.7 cm³/mol. The predicted octanol–water partition coefficient (Wildman–Crippen LogP) is 0.679. The maximum Gasteiger partial charge on any atom is 0.349 e. The molecule has 0 aromatic carbocycles. The molecule has 0 rings (SSSR count). The number of nitrogens with one attached hydrogen (secondary N) is 1. The number of rotatable bonds is 5. The molecule has 12 heavy (non-hydrogen) atoms. The molecule has 70 valence electrons. The third-order valence-corrected chi connectivity index (χ3v) is 1.72. The zero-order valence-electron chi connectivity index (χ0n) is 7.79. The first-order valence-corrected chi connectivity index (χ1v) is 3.95. The summed E-state index contributed by atoms with van der Waals surface area (Å²) in [6, 6.07) is 0. The normalized spacial score (nSPS) is 13.0. The van der Waals surface area contributed by atoms with E-state index in [-0.39, 0.29) is 11.6 Å². The fraction of sp³-hybridized carbons (Fsp3) is 0.750. The number of nitrogens with zero attached hydrogens (tertiary/aromatic N) is 1. The van der Waals surface area contributed by atoms with E-state index >= 15 is 0 Å². The highest BCUT2D eigenvalue weighted by Gasteiger charge is 2.19. The van der Waals surface area contributed by atoms with Gasteiger partial charge in [0.1, 0.15) is 5.71 Å². The van der Waals surface area contributed by atoms with E-state index in [4.69, 9.17) is 10.5 Å². The molecule has 0 heterocycles. The summed E-state index contributed by atoms with van der Waals surface area (Å²) in [6.45, 7) is 2.52. The summed E-state index contributed by atoms with van der Waals surface area (Å²) in [7, 11) is 3.75. The Kier molecular flexibility index (Phi) is 4.51. The summed E-state index contributed by atoms with van der Waals surface area (Å²) in [6.07, 6.45) is 0.698. The van der Waals surface area contributed by atoms with Crippen LogP contribution in [0, 0.1) is 11.3 Å². The number of hydrogen-bond acceptors (Lipinski definition) is 3. The topological polar surface area (TPSA) is 64.4 Å². The minimum absolute atomic E-state index is 0.155. The zero-order chi connectivity index (χ0) is 9.72. The van der Waals surface area contributed by atoms with Crippen LogP contribution in [0.25, 0.3) is 0 Å². The fourth-order valence-corrected chi connectivity index (χ4v) is 1.04. The van der Waals surface area contributed by atoms with E-state index < -0.39 is 5.97 Å². The van der Waals surface area contributed by atoms with Gasteiger partial charge < -0.3 is 10.0 Å². The molecule has 0 saturated heterocycles. The monoisotopic (exact) mass is 172 g/mol. The summed E-state index contributed by atoms with van der Waals surface area (Å²) in [4.78, 5) is 12.3. The zero-order valence-corrected chi connectivity index (χ0v) is 7.79. The number of hydrogen-bond donors (Lipinski definition) is 2. The molecule has 0 bridgehead atoms. The summed E-state index contributed by atoms with van der Waals surface area (Å²) < 4.78 is 0. The Morgan fingerprint density at radius 1 is 1.58 bits per heavy atom. The second-order valence-corrected chi connectivity index (χ2v) is 3.09. The summed E-state index contributed by atoms with van der Waals surface area (Å²) in [5.41, 5.74) is -0.189. The van der Waals surface area contributed by atoms with E-state index in [0.29, 0.717) is 13.0 Å². The van der Waals surface area contributed by atoms with E-state index in [1.54, 1.807) is 0 Å². The van der Waals surface area contributed by atoms with Crippen molar-refractivity contribution in [1.29, 1.82) is 5.41 Å². The quantitative estimate of drug-likeness (QED) is 0.599. The van der Waals surface area contributed by atoms with Crippen LogP contribution in [0.3, 0.4) is 0 Å². The molecule has 0 aliphatic rings. The Hall–Kier alpha value is -0.900. The van der Waals surface area contributed by atoms with E-state index in [9.17, 15) is 4.79 Å². The maximum atomic E-state index is 10.4. The van der Waals surface area contributed by atoms with Gasteiger partial charge >= 0.3 is 5.97 Å². The van der Waals surface area contributed by atoms with E-state index in [2.05, 4.69) is 0 Å². The number of carboxylic acids is 1. The highest BCUT2D eigenvalue weighted by Crippen LogP contribution is 2.05. The minimum atomic E-state index is -1.11. The first-order valence-electron chi connectivity index (χ1n) is 3.95. The van der Waals surface area contributed by atoms with Crippen LogP contribution < -0.4 is 0 Å². The molecular weight excluding hydrogens is 156 g/mol. The molecular formula is C8H16N2O2. The molecule has 1 atom stereocenters. The second-order valence-electron chi connectivity index (χ2n) is 3.09. The highest BCUT2D eigenvalue weighted by molar-refractivity contribution is 6.35. The molecule has 0 saturated carbocycles. The standard InChI is InChI=1S/C8H16N2O2/c1-4-6(5-10(2)3)7(9)8(11)12/h6,9H,4-5H2,1-3H3,(H,11,12)/t6-/m0/s1. The van der Waals surface area contributed by atoms with Crippen molar-refractivity contribution in [2.75, 3.05) is 20.6 Å². The van der Waals surface area contributed by atoms with Gasteiger partial charge in [-0.25, -0.2) is 4.79 Å². The Labute approximate surface area is 72.7 Å². The highest BCUT2D eigenvalue weighted by atomic mass is 16.4. The van der Waals surface area contributed by atoms with Crippen molar-refractivity contribution in [2.24, 2.45) is 5.92 Å². The van der Waals surface area contributed by atoms with E-state index in [0.717, 1.165) is 0 Å². The lowest BCUT2D eigenvalue weighted by Crippen LogP contribution is -2.31. The minimum Gasteiger partial charge on any atom is -0.477 e. The molecule has 0 spiro atoms. The van der Waals surface area contributed by atoms with Crippen molar-refractivity contribution in [3.05, 3.63) is 0 Å². The van der Waals surface area contributed by atoms with Crippen molar-refractivity contribution in [3.63, 3.8) is 0 Å². The van der Waals surface area contributed by atoms with Gasteiger partial charge in [0, 0.05) is 12.5 Å². The average Bonchev–Trinajstić information content (AvgIpc) is 1.98. The summed E-state index contributed by atoms with van der Waals surface area (Å²) in [5, 5.41) is 15.8. The average molecular weight is 172 g/mol. The molecule has 0 aromatic rings. The molecule has 0 aromatic heterocycles. The third kappa shape index (κ3) is 3.48. The van der Waals surface area contributed by atoms with Crippen molar-refractivity contribution >= 4 is 11.7 Å². The van der Waals surface area contributed by atoms with Crippen molar-refractivity contribution in [3.8, 4) is 0 Å². The third-order valence-electron chi connectivity index (χ3n) is 1.72. The van der Waals surface area contributed by atoms with Gasteiger partial charge in [-0.3, -0.25) is 5.41 Å². The van der Waals surface area contributed by atoms with Gasteiger partial charge in [-0.15, -0.1) is 0 Å². The first kappa shape index (κ1) is 11.1. The van der Waals surface area contributed by atoms with Crippen molar-refractivity contribution in [2.45, 2.75) is 13.3 Å². The van der Waals surface area contributed by atoms with Crippen LogP contribution >= 0.6 is 0 Å². The van der Waals surface area contributed by atoms with Crippen LogP contribution in [0.2, 0.25) is 0 Å². The molecule has 0 aliphatic heterocycles. The number of aliphatic carboxylic acids is 1. The molecule has 0 fully saturated rings. The molecule has 4 heteroatoms. The van der Waals surface area contributed by atoms with Gasteiger partial charge in [-0.2, -0.15) is 0 Å².